The molecule has 0 aromatic heterocycles. The normalized spacial score (nSPS) is 12.2. The van der Waals surface area contributed by atoms with Gasteiger partial charge in [-0.15, -0.1) is 6.42 Å². The summed E-state index contributed by atoms with van der Waals surface area (Å²) in [5.41, 5.74) is 5.32. The lowest BCUT2D eigenvalue weighted by molar-refractivity contribution is 0.820. The second-order valence-electron chi connectivity index (χ2n) is 3.92. The Morgan fingerprint density at radius 2 is 1.93 bits per heavy atom. The van der Waals surface area contributed by atoms with Crippen molar-refractivity contribution in [2.75, 3.05) is 0 Å². The molecule has 0 saturated carbocycles. The molecule has 0 aliphatic carbocycles. The van der Waals surface area contributed by atoms with Crippen molar-refractivity contribution in [1.29, 1.82) is 0 Å². The lowest BCUT2D eigenvalue weighted by atomic mass is 9.89. The van der Waals surface area contributed by atoms with E-state index < -0.39 is 0 Å². The van der Waals surface area contributed by atoms with Gasteiger partial charge in [0.1, 0.15) is 0 Å². The Morgan fingerprint density at radius 3 is 2.43 bits per heavy atom. The molecule has 1 atom stereocenters. The van der Waals surface area contributed by atoms with Crippen LogP contribution in [0.4, 0.5) is 0 Å². The lowest BCUT2D eigenvalue weighted by Crippen LogP contribution is -1.99. The van der Waals surface area contributed by atoms with Gasteiger partial charge in [0.2, 0.25) is 0 Å². The second-order valence-corrected chi connectivity index (χ2v) is 3.92. The van der Waals surface area contributed by atoms with Crippen LogP contribution in [0.2, 0.25) is 0 Å². The van der Waals surface area contributed by atoms with E-state index in [0.29, 0.717) is 0 Å². The van der Waals surface area contributed by atoms with Gasteiger partial charge in [-0.05, 0) is 43.9 Å². The van der Waals surface area contributed by atoms with Crippen LogP contribution in [0, 0.1) is 33.1 Å². The van der Waals surface area contributed by atoms with E-state index in [9.17, 15) is 0 Å². The molecule has 0 bridgehead atoms. The van der Waals surface area contributed by atoms with Crippen molar-refractivity contribution in [2.45, 2.75) is 40.0 Å². The fourth-order valence-corrected chi connectivity index (χ4v) is 1.86. The van der Waals surface area contributed by atoms with Crippen LogP contribution in [0.1, 0.15) is 41.5 Å². The van der Waals surface area contributed by atoms with E-state index in [1.807, 2.05) is 0 Å². The van der Waals surface area contributed by atoms with Crippen molar-refractivity contribution in [3.8, 4) is 12.3 Å². The van der Waals surface area contributed by atoms with Crippen molar-refractivity contribution in [3.63, 3.8) is 0 Å². The molecule has 1 aromatic rings. The Morgan fingerprint density at radius 1 is 1.29 bits per heavy atom. The van der Waals surface area contributed by atoms with Crippen LogP contribution >= 0.6 is 0 Å². The molecular weight excluding hydrogens is 168 g/mol. The largest absolute Gasteiger partial charge is 0.119 e. The molecule has 0 saturated heterocycles. The summed E-state index contributed by atoms with van der Waals surface area (Å²) in [6.07, 6.45) is 6.55. The van der Waals surface area contributed by atoms with E-state index in [-0.39, 0.29) is 5.92 Å². The van der Waals surface area contributed by atoms with Crippen LogP contribution in [0.25, 0.3) is 0 Å². The molecule has 0 N–H and O–H groups in total. The summed E-state index contributed by atoms with van der Waals surface area (Å²) in [6, 6.07) is 4.43. The monoisotopic (exact) mass is 186 g/mol. The predicted molar refractivity (Wildman–Crippen MR) is 62.5 cm³/mol. The molecule has 0 amide bonds. The van der Waals surface area contributed by atoms with E-state index in [2.05, 4.69) is 45.7 Å². The smallest absolute Gasteiger partial charge is 0.0449 e. The summed E-state index contributed by atoms with van der Waals surface area (Å²) in [7, 11) is 0. The summed E-state index contributed by atoms with van der Waals surface area (Å²) in [5.74, 6) is 3.14. The number of hydrogen-bond acceptors (Lipinski definition) is 0. The van der Waals surface area contributed by atoms with E-state index in [1.165, 1.54) is 22.3 Å². The van der Waals surface area contributed by atoms with Gasteiger partial charge >= 0.3 is 0 Å². The first-order valence-corrected chi connectivity index (χ1v) is 5.14. The van der Waals surface area contributed by atoms with Crippen LogP contribution in [-0.4, -0.2) is 0 Å². The standard InChI is InChI=1S/C14H18/c1-6-13(7-2)14-9-10(3)8-11(4)12(14)5/h1,8-9,13H,7H2,2-5H3. The maximum atomic E-state index is 5.53. The molecular formula is C14H18. The van der Waals surface area contributed by atoms with Gasteiger partial charge in [-0.1, -0.05) is 30.5 Å². The maximum absolute atomic E-state index is 5.53. The Labute approximate surface area is 87.4 Å². The molecule has 14 heavy (non-hydrogen) atoms. The van der Waals surface area contributed by atoms with Crippen LogP contribution < -0.4 is 0 Å². The highest BCUT2D eigenvalue weighted by Crippen LogP contribution is 2.25. The van der Waals surface area contributed by atoms with E-state index in [4.69, 9.17) is 6.42 Å². The fraction of sp³-hybridized carbons (Fsp3) is 0.429. The summed E-state index contributed by atoms with van der Waals surface area (Å²) in [5, 5.41) is 0. The summed E-state index contributed by atoms with van der Waals surface area (Å²) < 4.78 is 0. The molecule has 0 heteroatoms. The minimum absolute atomic E-state index is 0.272. The van der Waals surface area contributed by atoms with Crippen LogP contribution in [0.15, 0.2) is 12.1 Å². The minimum Gasteiger partial charge on any atom is -0.119 e. The lowest BCUT2D eigenvalue weighted by Gasteiger charge is -2.15. The number of rotatable bonds is 2. The first kappa shape index (κ1) is 10.9. The third kappa shape index (κ3) is 1.99. The van der Waals surface area contributed by atoms with Crippen molar-refractivity contribution in [2.24, 2.45) is 0 Å². The molecule has 0 spiro atoms. The number of hydrogen-bond donors (Lipinski definition) is 0. The van der Waals surface area contributed by atoms with Crippen molar-refractivity contribution in [1.82, 2.24) is 0 Å². The zero-order valence-corrected chi connectivity index (χ0v) is 9.52. The van der Waals surface area contributed by atoms with Crippen molar-refractivity contribution < 1.29 is 0 Å². The number of terminal acetylenes is 1. The Bertz CT molecular complexity index is 366. The van der Waals surface area contributed by atoms with Gasteiger partial charge in [-0.25, -0.2) is 0 Å². The first-order chi connectivity index (χ1) is 6.60. The predicted octanol–water partition coefficient (Wildman–Crippen LogP) is 3.74. The van der Waals surface area contributed by atoms with E-state index >= 15 is 0 Å². The Balaban J connectivity index is 3.27. The van der Waals surface area contributed by atoms with Gasteiger partial charge in [0, 0.05) is 5.92 Å². The van der Waals surface area contributed by atoms with Gasteiger partial charge in [0.15, 0.2) is 0 Å². The Kier molecular flexibility index (Phi) is 3.36. The Hall–Kier alpha value is -1.22. The molecule has 0 radical (unpaired) electrons. The molecule has 0 fully saturated rings. The van der Waals surface area contributed by atoms with Gasteiger partial charge in [-0.2, -0.15) is 0 Å². The first-order valence-electron chi connectivity index (χ1n) is 5.14. The molecule has 1 aromatic carbocycles. The van der Waals surface area contributed by atoms with Gasteiger partial charge in [0.05, 0.1) is 0 Å². The third-order valence-electron chi connectivity index (χ3n) is 2.84. The molecule has 0 aliphatic heterocycles. The van der Waals surface area contributed by atoms with Crippen LogP contribution in [0.3, 0.4) is 0 Å². The van der Waals surface area contributed by atoms with E-state index in [1.54, 1.807) is 0 Å². The SMILES string of the molecule is C#CC(CC)c1cc(C)cc(C)c1C. The average Bonchev–Trinajstić information content (AvgIpc) is 2.15. The molecule has 1 unspecified atom stereocenters. The third-order valence-corrected chi connectivity index (χ3v) is 2.84. The molecule has 0 heterocycles. The fourth-order valence-electron chi connectivity index (χ4n) is 1.86. The summed E-state index contributed by atoms with van der Waals surface area (Å²) in [6.45, 7) is 8.57. The van der Waals surface area contributed by atoms with Crippen molar-refractivity contribution in [3.05, 3.63) is 34.4 Å². The second kappa shape index (κ2) is 4.33. The topological polar surface area (TPSA) is 0 Å². The zero-order chi connectivity index (χ0) is 10.7. The maximum Gasteiger partial charge on any atom is 0.0449 e. The van der Waals surface area contributed by atoms with Gasteiger partial charge in [-0.3, -0.25) is 0 Å². The highest BCUT2D eigenvalue weighted by Gasteiger charge is 2.10. The number of benzene rings is 1. The van der Waals surface area contributed by atoms with Crippen LogP contribution in [-0.2, 0) is 0 Å². The molecule has 74 valence electrons. The van der Waals surface area contributed by atoms with Gasteiger partial charge < -0.3 is 0 Å². The van der Waals surface area contributed by atoms with Crippen LogP contribution in [0.5, 0.6) is 0 Å². The quantitative estimate of drug-likeness (QED) is 0.617. The molecule has 1 rings (SSSR count). The highest BCUT2D eigenvalue weighted by molar-refractivity contribution is 5.41. The summed E-state index contributed by atoms with van der Waals surface area (Å²) in [4.78, 5) is 0. The average molecular weight is 186 g/mol. The number of aryl methyl sites for hydroxylation is 2. The zero-order valence-electron chi connectivity index (χ0n) is 9.52. The summed E-state index contributed by atoms with van der Waals surface area (Å²) >= 11 is 0. The molecule has 0 nitrogen and oxygen atoms in total. The van der Waals surface area contributed by atoms with Crippen molar-refractivity contribution >= 4 is 0 Å². The highest BCUT2D eigenvalue weighted by atomic mass is 14.1. The minimum atomic E-state index is 0.272. The van der Waals surface area contributed by atoms with E-state index in [0.717, 1.165) is 6.42 Å². The molecule has 0 aliphatic rings. The van der Waals surface area contributed by atoms with Gasteiger partial charge in [0.25, 0.3) is 0 Å².